The molecule has 1 aromatic rings. The Morgan fingerprint density at radius 3 is 2.62 bits per heavy atom. The molecule has 1 aromatic carbocycles. The summed E-state index contributed by atoms with van der Waals surface area (Å²) in [5, 5.41) is 0.660. The van der Waals surface area contributed by atoms with Gasteiger partial charge in [-0.05, 0) is 31.5 Å². The molecule has 0 aliphatic carbocycles. The number of halogens is 2. The Hall–Kier alpha value is -0.980. The summed E-state index contributed by atoms with van der Waals surface area (Å²) in [6.45, 7) is 1.90. The fourth-order valence-electron chi connectivity index (χ4n) is 2.27. The Kier molecular flexibility index (Phi) is 5.01. The summed E-state index contributed by atoms with van der Waals surface area (Å²) >= 11 is 11.8. The van der Waals surface area contributed by atoms with E-state index < -0.39 is 22.0 Å². The van der Waals surface area contributed by atoms with Crippen molar-refractivity contribution in [3.8, 4) is 0 Å². The van der Waals surface area contributed by atoms with Crippen molar-refractivity contribution < 1.29 is 17.9 Å². The molecular weight excluding hydrogens is 337 g/mol. The molecule has 1 heterocycles. The number of benzene rings is 1. The van der Waals surface area contributed by atoms with E-state index in [-0.39, 0.29) is 18.1 Å². The lowest BCUT2D eigenvalue weighted by molar-refractivity contribution is 0.157. The molecule has 0 radical (unpaired) electrons. The topological polar surface area (TPSA) is 63.7 Å². The largest absolute Gasteiger partial charge is 0.449 e. The third-order valence-corrected chi connectivity index (χ3v) is 5.71. The summed E-state index contributed by atoms with van der Waals surface area (Å²) in [5.74, 6) is -0.0129. The molecule has 0 saturated carbocycles. The van der Waals surface area contributed by atoms with E-state index in [9.17, 15) is 13.2 Å². The molecule has 0 spiro atoms. The number of carbonyl (C=O) groups excluding carboxylic acids is 1. The first kappa shape index (κ1) is 16.4. The molecule has 2 rings (SSSR count). The number of rotatable bonds is 3. The zero-order valence-corrected chi connectivity index (χ0v) is 13.7. The van der Waals surface area contributed by atoms with Crippen LogP contribution in [0.2, 0.25) is 10.0 Å². The van der Waals surface area contributed by atoms with E-state index in [2.05, 4.69) is 0 Å². The van der Waals surface area contributed by atoms with Gasteiger partial charge in [-0.2, -0.15) is 0 Å². The number of sulfone groups is 1. The van der Waals surface area contributed by atoms with Crippen molar-refractivity contribution in [2.45, 2.75) is 19.4 Å². The summed E-state index contributed by atoms with van der Waals surface area (Å²) < 4.78 is 28.3. The van der Waals surface area contributed by atoms with Crippen molar-refractivity contribution in [1.82, 2.24) is 0 Å². The van der Waals surface area contributed by atoms with Crippen molar-refractivity contribution in [2.24, 2.45) is 0 Å². The van der Waals surface area contributed by atoms with Gasteiger partial charge in [0, 0.05) is 5.69 Å². The quantitative estimate of drug-likeness (QED) is 0.838. The van der Waals surface area contributed by atoms with Crippen molar-refractivity contribution in [1.29, 1.82) is 0 Å². The molecule has 5 nitrogen and oxygen atoms in total. The van der Waals surface area contributed by atoms with Gasteiger partial charge in [0.1, 0.15) is 0 Å². The summed E-state index contributed by atoms with van der Waals surface area (Å²) in [6.07, 6.45) is -0.209. The highest BCUT2D eigenvalue weighted by Crippen LogP contribution is 2.31. The predicted octanol–water partition coefficient (Wildman–Crippen LogP) is 3.14. The van der Waals surface area contributed by atoms with Gasteiger partial charge in [0.25, 0.3) is 0 Å². The third kappa shape index (κ3) is 3.81. The second-order valence-corrected chi connectivity index (χ2v) is 7.77. The maximum atomic E-state index is 12.2. The fraction of sp³-hybridized carbons (Fsp3) is 0.462. The normalized spacial score (nSPS) is 20.2. The van der Waals surface area contributed by atoms with Crippen LogP contribution in [-0.2, 0) is 14.6 Å². The molecule has 1 unspecified atom stereocenters. The predicted molar refractivity (Wildman–Crippen MR) is 83.0 cm³/mol. The van der Waals surface area contributed by atoms with Gasteiger partial charge in [-0.25, -0.2) is 13.2 Å². The Morgan fingerprint density at radius 1 is 1.38 bits per heavy atom. The average molecular weight is 352 g/mol. The lowest BCUT2D eigenvalue weighted by atomic mass is 10.2. The van der Waals surface area contributed by atoms with Crippen molar-refractivity contribution in [3.63, 3.8) is 0 Å². The molecule has 21 heavy (non-hydrogen) atoms. The Morgan fingerprint density at radius 2 is 2.10 bits per heavy atom. The molecule has 1 fully saturated rings. The van der Waals surface area contributed by atoms with Gasteiger partial charge >= 0.3 is 6.09 Å². The van der Waals surface area contributed by atoms with Crippen LogP contribution in [0.4, 0.5) is 10.5 Å². The third-order valence-electron chi connectivity index (χ3n) is 3.22. The first-order valence-electron chi connectivity index (χ1n) is 6.45. The van der Waals surface area contributed by atoms with E-state index >= 15 is 0 Å². The van der Waals surface area contributed by atoms with Gasteiger partial charge in [0.2, 0.25) is 0 Å². The SMILES string of the molecule is CCOC(=O)N(c1ccc(Cl)c(Cl)c1)C1CCS(=O)(=O)C1. The van der Waals surface area contributed by atoms with Crippen LogP contribution in [0, 0.1) is 0 Å². The summed E-state index contributed by atoms with van der Waals surface area (Å²) in [7, 11) is -3.12. The standard InChI is InChI=1S/C13H15Cl2NO4S/c1-2-20-13(17)16(10-5-6-21(18,19)8-10)9-3-4-11(14)12(15)7-9/h3-4,7,10H,2,5-6,8H2,1H3. The van der Waals surface area contributed by atoms with Crippen LogP contribution in [0.3, 0.4) is 0 Å². The zero-order chi connectivity index (χ0) is 15.6. The van der Waals surface area contributed by atoms with Crippen molar-refractivity contribution in [2.75, 3.05) is 23.0 Å². The smallest absolute Gasteiger partial charge is 0.414 e. The van der Waals surface area contributed by atoms with E-state index in [1.807, 2.05) is 0 Å². The van der Waals surface area contributed by atoms with Crippen molar-refractivity contribution >= 4 is 44.8 Å². The highest BCUT2D eigenvalue weighted by Gasteiger charge is 2.36. The van der Waals surface area contributed by atoms with Gasteiger partial charge in [0.15, 0.2) is 9.84 Å². The molecule has 1 atom stereocenters. The van der Waals surface area contributed by atoms with Gasteiger partial charge in [-0.1, -0.05) is 23.2 Å². The van der Waals surface area contributed by atoms with E-state index in [4.69, 9.17) is 27.9 Å². The lowest BCUT2D eigenvalue weighted by Gasteiger charge is -2.27. The van der Waals surface area contributed by atoms with Crippen LogP contribution < -0.4 is 4.90 Å². The molecular formula is C13H15Cl2NO4S. The molecule has 1 amide bonds. The summed E-state index contributed by atoms with van der Waals surface area (Å²) in [4.78, 5) is 13.5. The molecule has 1 saturated heterocycles. The average Bonchev–Trinajstić information content (AvgIpc) is 2.74. The molecule has 1 aliphatic rings. The second kappa shape index (κ2) is 6.42. The fourth-order valence-corrected chi connectivity index (χ4v) is 4.26. The van der Waals surface area contributed by atoms with Crippen LogP contribution in [0.1, 0.15) is 13.3 Å². The second-order valence-electron chi connectivity index (χ2n) is 4.72. The molecule has 0 N–H and O–H groups in total. The Labute approximate surface area is 133 Å². The number of anilines is 1. The van der Waals surface area contributed by atoms with Gasteiger partial charge in [-0.3, -0.25) is 4.90 Å². The number of hydrogen-bond donors (Lipinski definition) is 0. The first-order chi connectivity index (χ1) is 9.84. The molecule has 0 aromatic heterocycles. The number of amides is 1. The van der Waals surface area contributed by atoms with Crippen LogP contribution in [0.25, 0.3) is 0 Å². The highest BCUT2D eigenvalue weighted by molar-refractivity contribution is 7.91. The van der Waals surface area contributed by atoms with Gasteiger partial charge in [-0.15, -0.1) is 0 Å². The Balaban J connectivity index is 2.36. The maximum absolute atomic E-state index is 12.2. The Bertz CT molecular complexity index is 648. The lowest BCUT2D eigenvalue weighted by Crippen LogP contribution is -2.41. The zero-order valence-electron chi connectivity index (χ0n) is 11.4. The number of ether oxygens (including phenoxy) is 1. The van der Waals surface area contributed by atoms with Crippen molar-refractivity contribution in [3.05, 3.63) is 28.2 Å². The van der Waals surface area contributed by atoms with E-state index in [0.29, 0.717) is 22.2 Å². The molecule has 0 bridgehead atoms. The van der Waals surface area contributed by atoms with Crippen LogP contribution in [0.5, 0.6) is 0 Å². The minimum Gasteiger partial charge on any atom is -0.449 e. The highest BCUT2D eigenvalue weighted by atomic mass is 35.5. The van der Waals surface area contributed by atoms with Gasteiger partial charge in [0.05, 0.1) is 34.2 Å². The van der Waals surface area contributed by atoms with Crippen LogP contribution >= 0.6 is 23.2 Å². The summed E-state index contributed by atoms with van der Waals surface area (Å²) in [6, 6.07) is 4.27. The molecule has 116 valence electrons. The number of carbonyl (C=O) groups is 1. The minimum atomic E-state index is -3.12. The molecule has 1 aliphatic heterocycles. The van der Waals surface area contributed by atoms with E-state index in [1.165, 1.54) is 11.0 Å². The summed E-state index contributed by atoms with van der Waals surface area (Å²) in [5.41, 5.74) is 0.477. The number of hydrogen-bond acceptors (Lipinski definition) is 4. The maximum Gasteiger partial charge on any atom is 0.414 e. The van der Waals surface area contributed by atoms with Crippen LogP contribution in [0.15, 0.2) is 18.2 Å². The van der Waals surface area contributed by atoms with Crippen LogP contribution in [-0.4, -0.2) is 38.7 Å². The minimum absolute atomic E-state index is 0.0644. The monoisotopic (exact) mass is 351 g/mol. The van der Waals surface area contributed by atoms with E-state index in [1.54, 1.807) is 19.1 Å². The first-order valence-corrected chi connectivity index (χ1v) is 9.03. The molecule has 8 heteroatoms. The van der Waals surface area contributed by atoms with E-state index in [0.717, 1.165) is 0 Å². The number of nitrogens with zero attached hydrogens (tertiary/aromatic N) is 1. The van der Waals surface area contributed by atoms with Gasteiger partial charge < -0.3 is 4.74 Å².